The summed E-state index contributed by atoms with van der Waals surface area (Å²) < 4.78 is 1.69. The molecule has 0 aromatic carbocycles. The van der Waals surface area contributed by atoms with Crippen LogP contribution in [-0.2, 0) is 7.05 Å². The maximum absolute atomic E-state index is 10.7. The predicted octanol–water partition coefficient (Wildman–Crippen LogP) is 2.84. The molecule has 0 aliphatic carbocycles. The van der Waals surface area contributed by atoms with E-state index in [1.807, 2.05) is 13.0 Å². The smallest absolute Gasteiger partial charge is 0.261 e. The zero-order valence-corrected chi connectivity index (χ0v) is 11.2. The summed E-state index contributed by atoms with van der Waals surface area (Å²) in [5.41, 5.74) is 0.799. The lowest BCUT2D eigenvalue weighted by atomic mass is 10.4. The first kappa shape index (κ1) is 12.8. The highest BCUT2D eigenvalue weighted by Crippen LogP contribution is 2.30. The molecule has 0 aliphatic rings. The van der Waals surface area contributed by atoms with Gasteiger partial charge in [-0.3, -0.25) is 14.8 Å². The van der Waals surface area contributed by atoms with Gasteiger partial charge in [0.25, 0.3) is 5.69 Å². The molecule has 18 heavy (non-hydrogen) atoms. The van der Waals surface area contributed by atoms with Crippen molar-refractivity contribution in [2.45, 2.75) is 17.0 Å². The summed E-state index contributed by atoms with van der Waals surface area (Å²) in [7, 11) is 1.80. The van der Waals surface area contributed by atoms with Crippen molar-refractivity contribution in [1.29, 1.82) is 0 Å². The van der Waals surface area contributed by atoms with E-state index in [2.05, 4.69) is 10.1 Å². The number of aryl methyl sites for hydroxylation is 2. The summed E-state index contributed by atoms with van der Waals surface area (Å²) in [6.45, 7) is 1.87. The van der Waals surface area contributed by atoms with E-state index in [1.165, 1.54) is 23.9 Å². The minimum absolute atomic E-state index is 0.0728. The van der Waals surface area contributed by atoms with Gasteiger partial charge >= 0.3 is 0 Å². The fourth-order valence-corrected chi connectivity index (χ4v) is 2.60. The molecule has 0 N–H and O–H groups in total. The van der Waals surface area contributed by atoms with Crippen molar-refractivity contribution < 1.29 is 4.92 Å². The van der Waals surface area contributed by atoms with Crippen molar-refractivity contribution >= 4 is 29.1 Å². The molecule has 0 atom stereocenters. The van der Waals surface area contributed by atoms with Crippen LogP contribution in [0.1, 0.15) is 5.69 Å². The average molecular weight is 285 g/mol. The second kappa shape index (κ2) is 4.95. The van der Waals surface area contributed by atoms with Gasteiger partial charge in [0.15, 0.2) is 0 Å². The molecule has 8 heteroatoms. The Morgan fingerprint density at radius 3 is 2.72 bits per heavy atom. The number of nitro groups is 1. The van der Waals surface area contributed by atoms with Crippen molar-refractivity contribution in [3.63, 3.8) is 0 Å². The van der Waals surface area contributed by atoms with Gasteiger partial charge in [-0.15, -0.1) is 0 Å². The molecule has 0 fully saturated rings. The van der Waals surface area contributed by atoms with Gasteiger partial charge in [-0.1, -0.05) is 23.4 Å². The normalized spacial score (nSPS) is 10.6. The van der Waals surface area contributed by atoms with Gasteiger partial charge in [0.05, 0.1) is 16.7 Å². The summed E-state index contributed by atoms with van der Waals surface area (Å²) in [5, 5.41) is 16.3. The molecular formula is C10H9ClN4O2S. The van der Waals surface area contributed by atoms with E-state index in [0.717, 1.165) is 10.7 Å². The first-order chi connectivity index (χ1) is 8.45. The highest BCUT2D eigenvalue weighted by molar-refractivity contribution is 7.99. The van der Waals surface area contributed by atoms with Crippen LogP contribution in [0.25, 0.3) is 0 Å². The standard InChI is InChI=1S/C10H9ClN4O2S/c1-6-3-10(14(2)13-6)18-9-5-7(15(16)17)4-8(11)12-9/h3-5H,1-2H3. The molecular weight excluding hydrogens is 276 g/mol. The zero-order valence-electron chi connectivity index (χ0n) is 9.62. The molecule has 2 aromatic heterocycles. The van der Waals surface area contributed by atoms with E-state index >= 15 is 0 Å². The Bertz CT molecular complexity index is 614. The maximum Gasteiger partial charge on any atom is 0.275 e. The quantitative estimate of drug-likeness (QED) is 0.492. The Kier molecular flexibility index (Phi) is 3.53. The van der Waals surface area contributed by atoms with Crippen LogP contribution in [-0.4, -0.2) is 19.7 Å². The third kappa shape index (κ3) is 2.80. The minimum Gasteiger partial charge on any atom is -0.261 e. The number of hydrogen-bond donors (Lipinski definition) is 0. The number of pyridine rings is 1. The number of halogens is 1. The molecule has 2 heterocycles. The van der Waals surface area contributed by atoms with Crippen LogP contribution < -0.4 is 0 Å². The first-order valence-electron chi connectivity index (χ1n) is 4.96. The summed E-state index contributed by atoms with van der Waals surface area (Å²) >= 11 is 7.04. The molecule has 94 valence electrons. The van der Waals surface area contributed by atoms with Crippen LogP contribution in [0.2, 0.25) is 5.15 Å². The largest absolute Gasteiger partial charge is 0.275 e. The maximum atomic E-state index is 10.7. The third-order valence-corrected chi connectivity index (χ3v) is 3.34. The molecule has 0 aliphatic heterocycles. The molecule has 2 aromatic rings. The molecule has 0 saturated carbocycles. The molecule has 2 rings (SSSR count). The lowest BCUT2D eigenvalue weighted by molar-refractivity contribution is -0.385. The van der Waals surface area contributed by atoms with E-state index in [-0.39, 0.29) is 10.8 Å². The van der Waals surface area contributed by atoms with Crippen LogP contribution >= 0.6 is 23.4 Å². The van der Waals surface area contributed by atoms with Gasteiger partial charge in [-0.2, -0.15) is 5.10 Å². The lowest BCUT2D eigenvalue weighted by Crippen LogP contribution is -1.94. The Hall–Kier alpha value is -1.60. The summed E-state index contributed by atoms with van der Waals surface area (Å²) in [4.78, 5) is 14.3. The van der Waals surface area contributed by atoms with Crippen LogP contribution in [0, 0.1) is 17.0 Å². The third-order valence-electron chi connectivity index (χ3n) is 2.13. The Labute approximate surface area is 112 Å². The monoisotopic (exact) mass is 284 g/mol. The Balaban J connectivity index is 2.34. The first-order valence-corrected chi connectivity index (χ1v) is 6.15. The van der Waals surface area contributed by atoms with Gasteiger partial charge in [0.2, 0.25) is 0 Å². The predicted molar refractivity (Wildman–Crippen MR) is 68.0 cm³/mol. The fourth-order valence-electron chi connectivity index (χ4n) is 1.41. The SMILES string of the molecule is Cc1cc(Sc2cc([N+](=O)[O-])cc(Cl)n2)n(C)n1. The van der Waals surface area contributed by atoms with E-state index in [9.17, 15) is 10.1 Å². The van der Waals surface area contributed by atoms with Gasteiger partial charge < -0.3 is 0 Å². The average Bonchev–Trinajstić information content (AvgIpc) is 2.56. The van der Waals surface area contributed by atoms with Crippen molar-refractivity contribution in [3.8, 4) is 0 Å². The zero-order chi connectivity index (χ0) is 13.3. The molecule has 0 bridgehead atoms. The number of aromatic nitrogens is 3. The summed E-state index contributed by atoms with van der Waals surface area (Å²) in [6, 6.07) is 4.48. The molecule has 0 amide bonds. The van der Waals surface area contributed by atoms with Crippen LogP contribution in [0.3, 0.4) is 0 Å². The molecule has 0 spiro atoms. The van der Waals surface area contributed by atoms with E-state index < -0.39 is 4.92 Å². The molecule has 0 unspecified atom stereocenters. The van der Waals surface area contributed by atoms with E-state index in [1.54, 1.807) is 11.7 Å². The Morgan fingerprint density at radius 1 is 1.44 bits per heavy atom. The topological polar surface area (TPSA) is 73.8 Å². The minimum atomic E-state index is -0.494. The fraction of sp³-hybridized carbons (Fsp3) is 0.200. The highest BCUT2D eigenvalue weighted by Gasteiger charge is 2.13. The van der Waals surface area contributed by atoms with Crippen LogP contribution in [0.15, 0.2) is 28.3 Å². The molecule has 6 nitrogen and oxygen atoms in total. The number of rotatable bonds is 3. The Morgan fingerprint density at radius 2 is 2.17 bits per heavy atom. The van der Waals surface area contributed by atoms with Crippen molar-refractivity contribution in [1.82, 2.24) is 14.8 Å². The number of nitrogens with zero attached hydrogens (tertiary/aromatic N) is 4. The van der Waals surface area contributed by atoms with Gasteiger partial charge in [-0.05, 0) is 13.0 Å². The van der Waals surface area contributed by atoms with Gasteiger partial charge in [-0.25, -0.2) is 4.98 Å². The van der Waals surface area contributed by atoms with Crippen molar-refractivity contribution in [2.75, 3.05) is 0 Å². The van der Waals surface area contributed by atoms with Crippen molar-refractivity contribution in [2.24, 2.45) is 7.05 Å². The lowest BCUT2D eigenvalue weighted by Gasteiger charge is -2.01. The molecule has 0 radical (unpaired) electrons. The molecule has 0 saturated heterocycles. The van der Waals surface area contributed by atoms with Gasteiger partial charge in [0, 0.05) is 13.1 Å². The van der Waals surface area contributed by atoms with Gasteiger partial charge in [0.1, 0.15) is 15.2 Å². The second-order valence-corrected chi connectivity index (χ2v) is 5.02. The summed E-state index contributed by atoms with van der Waals surface area (Å²) in [6.07, 6.45) is 0. The van der Waals surface area contributed by atoms with E-state index in [4.69, 9.17) is 11.6 Å². The van der Waals surface area contributed by atoms with E-state index in [0.29, 0.717) is 5.03 Å². The number of hydrogen-bond acceptors (Lipinski definition) is 5. The highest BCUT2D eigenvalue weighted by atomic mass is 35.5. The van der Waals surface area contributed by atoms with Crippen molar-refractivity contribution in [3.05, 3.63) is 39.2 Å². The van der Waals surface area contributed by atoms with Crippen LogP contribution in [0.4, 0.5) is 5.69 Å². The van der Waals surface area contributed by atoms with Crippen LogP contribution in [0.5, 0.6) is 0 Å². The second-order valence-electron chi connectivity index (χ2n) is 3.59. The summed E-state index contributed by atoms with van der Waals surface area (Å²) in [5.74, 6) is 0.